The zero-order valence-electron chi connectivity index (χ0n) is 19.6. The number of benzene rings is 2. The van der Waals surface area contributed by atoms with E-state index in [1.807, 2.05) is 24.3 Å². The summed E-state index contributed by atoms with van der Waals surface area (Å²) < 4.78 is 19.5. The fourth-order valence-corrected chi connectivity index (χ4v) is 5.26. The third kappa shape index (κ3) is 4.32. The van der Waals surface area contributed by atoms with E-state index >= 15 is 0 Å². The van der Waals surface area contributed by atoms with Crippen LogP contribution in [-0.4, -0.2) is 31.1 Å². The van der Waals surface area contributed by atoms with Gasteiger partial charge in [-0.2, -0.15) is 0 Å². The van der Waals surface area contributed by atoms with E-state index in [9.17, 15) is 14.0 Å². The molecule has 0 spiro atoms. The molecule has 2 atom stereocenters. The molecule has 2 amide bonds. The molecule has 178 valence electrons. The molecular formula is C27H30FN3O3. The Hall–Kier alpha value is -3.19. The molecule has 3 aliphatic rings. The van der Waals surface area contributed by atoms with Crippen LogP contribution in [0.3, 0.4) is 0 Å². The SMILES string of the molecule is CC1(C)CC(=O)C2=C(C1)Nc1ccccc1N(C(=O)NC[C@@H]1CCCO1)[C@@H]2c1ccc(F)cc1. The molecular weight excluding hydrogens is 433 g/mol. The van der Waals surface area contributed by atoms with Crippen molar-refractivity contribution >= 4 is 23.2 Å². The number of urea groups is 1. The van der Waals surface area contributed by atoms with E-state index in [4.69, 9.17) is 4.74 Å². The number of carbonyl (C=O) groups excluding carboxylic acids is 2. The van der Waals surface area contributed by atoms with Crippen LogP contribution in [0.25, 0.3) is 0 Å². The average molecular weight is 464 g/mol. The Balaban J connectivity index is 1.64. The number of fused-ring (bicyclic) bond motifs is 1. The molecule has 2 aliphatic heterocycles. The summed E-state index contributed by atoms with van der Waals surface area (Å²) >= 11 is 0. The largest absolute Gasteiger partial charge is 0.376 e. The number of nitrogens with zero attached hydrogens (tertiary/aromatic N) is 1. The lowest BCUT2D eigenvalue weighted by atomic mass is 9.73. The summed E-state index contributed by atoms with van der Waals surface area (Å²) in [6.45, 7) is 5.25. The van der Waals surface area contributed by atoms with Crippen LogP contribution >= 0.6 is 0 Å². The van der Waals surface area contributed by atoms with Gasteiger partial charge in [0.2, 0.25) is 0 Å². The minimum atomic E-state index is -0.681. The number of anilines is 2. The number of Topliss-reactive ketones (excluding diaryl/α,β-unsaturated/α-hetero) is 1. The second kappa shape index (κ2) is 8.87. The molecule has 0 radical (unpaired) electrons. The monoisotopic (exact) mass is 463 g/mol. The number of ether oxygens (including phenoxy) is 1. The lowest BCUT2D eigenvalue weighted by molar-refractivity contribution is -0.118. The van der Waals surface area contributed by atoms with Gasteiger partial charge in [-0.25, -0.2) is 9.18 Å². The summed E-state index contributed by atoms with van der Waals surface area (Å²) in [6.07, 6.45) is 2.93. The van der Waals surface area contributed by atoms with E-state index in [-0.39, 0.29) is 29.2 Å². The van der Waals surface area contributed by atoms with Crippen molar-refractivity contribution in [2.75, 3.05) is 23.4 Å². The fraction of sp³-hybridized carbons (Fsp3) is 0.407. The van der Waals surface area contributed by atoms with Gasteiger partial charge in [0, 0.05) is 30.8 Å². The molecule has 2 N–H and O–H groups in total. The second-order valence-corrected chi connectivity index (χ2v) is 10.1. The van der Waals surface area contributed by atoms with Gasteiger partial charge in [-0.05, 0) is 54.5 Å². The molecule has 0 bridgehead atoms. The van der Waals surface area contributed by atoms with E-state index in [0.717, 1.165) is 24.2 Å². The zero-order valence-corrected chi connectivity index (χ0v) is 19.6. The fourth-order valence-electron chi connectivity index (χ4n) is 5.26. The number of amides is 2. The second-order valence-electron chi connectivity index (χ2n) is 10.1. The number of carbonyl (C=O) groups is 2. The number of para-hydroxylation sites is 2. The van der Waals surface area contributed by atoms with Gasteiger partial charge in [-0.1, -0.05) is 38.1 Å². The van der Waals surface area contributed by atoms with Crippen molar-refractivity contribution in [1.29, 1.82) is 0 Å². The molecule has 0 saturated carbocycles. The van der Waals surface area contributed by atoms with Gasteiger partial charge in [0.15, 0.2) is 5.78 Å². The van der Waals surface area contributed by atoms with E-state index in [2.05, 4.69) is 24.5 Å². The number of halogens is 1. The predicted molar refractivity (Wildman–Crippen MR) is 129 cm³/mol. The van der Waals surface area contributed by atoms with Crippen molar-refractivity contribution in [2.45, 2.75) is 51.7 Å². The van der Waals surface area contributed by atoms with Crippen molar-refractivity contribution in [3.8, 4) is 0 Å². The first kappa shape index (κ1) is 22.6. The van der Waals surface area contributed by atoms with Gasteiger partial charge in [0.05, 0.1) is 23.5 Å². The highest BCUT2D eigenvalue weighted by molar-refractivity contribution is 6.06. The topological polar surface area (TPSA) is 70.7 Å². The van der Waals surface area contributed by atoms with Crippen LogP contribution in [0.15, 0.2) is 59.8 Å². The van der Waals surface area contributed by atoms with Gasteiger partial charge in [-0.3, -0.25) is 9.69 Å². The first-order valence-electron chi connectivity index (χ1n) is 11.9. The number of ketones is 1. The Labute approximate surface area is 199 Å². The third-order valence-corrected chi connectivity index (χ3v) is 6.81. The highest BCUT2D eigenvalue weighted by Gasteiger charge is 2.43. The Kier molecular flexibility index (Phi) is 5.90. The summed E-state index contributed by atoms with van der Waals surface area (Å²) in [7, 11) is 0. The van der Waals surface area contributed by atoms with Crippen LogP contribution in [-0.2, 0) is 9.53 Å². The van der Waals surface area contributed by atoms with Crippen molar-refractivity contribution in [2.24, 2.45) is 5.41 Å². The maximum absolute atomic E-state index is 13.8. The van der Waals surface area contributed by atoms with Crippen LogP contribution in [0, 0.1) is 11.2 Å². The number of allylic oxidation sites excluding steroid dienone is 1. The Morgan fingerprint density at radius 3 is 2.68 bits per heavy atom. The minimum absolute atomic E-state index is 0.00203. The molecule has 0 aromatic heterocycles. The smallest absolute Gasteiger partial charge is 0.322 e. The predicted octanol–water partition coefficient (Wildman–Crippen LogP) is 5.33. The first-order valence-corrected chi connectivity index (χ1v) is 11.9. The summed E-state index contributed by atoms with van der Waals surface area (Å²) in [5.74, 6) is -0.367. The molecule has 2 aromatic carbocycles. The maximum Gasteiger partial charge on any atom is 0.322 e. The Morgan fingerprint density at radius 1 is 1.18 bits per heavy atom. The van der Waals surface area contributed by atoms with Crippen LogP contribution < -0.4 is 15.5 Å². The molecule has 0 unspecified atom stereocenters. The molecule has 1 aliphatic carbocycles. The van der Waals surface area contributed by atoms with E-state index in [1.54, 1.807) is 17.0 Å². The van der Waals surface area contributed by atoms with Crippen LogP contribution in [0.4, 0.5) is 20.6 Å². The van der Waals surface area contributed by atoms with Crippen molar-refractivity contribution in [1.82, 2.24) is 5.32 Å². The number of rotatable bonds is 3. The van der Waals surface area contributed by atoms with Crippen molar-refractivity contribution < 1.29 is 18.7 Å². The Morgan fingerprint density at radius 2 is 1.94 bits per heavy atom. The summed E-state index contributed by atoms with van der Waals surface area (Å²) in [5.41, 5.74) is 3.29. The molecule has 1 saturated heterocycles. The number of hydrogen-bond acceptors (Lipinski definition) is 4. The van der Waals surface area contributed by atoms with Crippen LogP contribution in [0.5, 0.6) is 0 Å². The van der Waals surface area contributed by atoms with E-state index < -0.39 is 6.04 Å². The van der Waals surface area contributed by atoms with Crippen LogP contribution in [0.1, 0.15) is 51.1 Å². The third-order valence-electron chi connectivity index (χ3n) is 6.81. The highest BCUT2D eigenvalue weighted by Crippen LogP contribution is 2.48. The average Bonchev–Trinajstić information content (AvgIpc) is 3.26. The molecule has 5 rings (SSSR count). The standard InChI is InChI=1S/C27H30FN3O3/c1-27(2)14-21-24(23(32)15-27)25(17-9-11-18(28)12-10-17)31(22-8-4-3-7-20(22)30-21)26(33)29-16-19-6-5-13-34-19/h3-4,7-12,19,25,30H,5-6,13-16H2,1-2H3,(H,29,33)/t19-,25+/m0/s1. The van der Waals surface area contributed by atoms with Gasteiger partial charge < -0.3 is 15.4 Å². The molecule has 1 fully saturated rings. The normalized spacial score (nSPS) is 23.6. The molecule has 34 heavy (non-hydrogen) atoms. The molecule has 7 heteroatoms. The van der Waals surface area contributed by atoms with E-state index in [0.29, 0.717) is 42.8 Å². The van der Waals surface area contributed by atoms with Crippen LogP contribution in [0.2, 0.25) is 0 Å². The molecule has 6 nitrogen and oxygen atoms in total. The number of nitrogens with one attached hydrogen (secondary N) is 2. The lowest BCUT2D eigenvalue weighted by Crippen LogP contribution is -2.46. The van der Waals surface area contributed by atoms with Crippen molar-refractivity contribution in [3.63, 3.8) is 0 Å². The Bertz CT molecular complexity index is 1140. The van der Waals surface area contributed by atoms with Gasteiger partial charge >= 0.3 is 6.03 Å². The maximum atomic E-state index is 13.8. The lowest BCUT2D eigenvalue weighted by Gasteiger charge is -2.37. The molecule has 2 heterocycles. The summed E-state index contributed by atoms with van der Waals surface area (Å²) in [6, 6.07) is 12.6. The number of hydrogen-bond donors (Lipinski definition) is 2. The first-order chi connectivity index (χ1) is 16.3. The van der Waals surface area contributed by atoms with Gasteiger partial charge in [0.25, 0.3) is 0 Å². The van der Waals surface area contributed by atoms with Gasteiger partial charge in [-0.15, -0.1) is 0 Å². The highest BCUT2D eigenvalue weighted by atomic mass is 19.1. The van der Waals surface area contributed by atoms with E-state index in [1.165, 1.54) is 12.1 Å². The zero-order chi connectivity index (χ0) is 23.9. The summed E-state index contributed by atoms with van der Waals surface area (Å²) in [4.78, 5) is 29.0. The minimum Gasteiger partial charge on any atom is -0.376 e. The van der Waals surface area contributed by atoms with Crippen molar-refractivity contribution in [3.05, 3.63) is 71.2 Å². The quantitative estimate of drug-likeness (QED) is 0.645. The van der Waals surface area contributed by atoms with Gasteiger partial charge in [0.1, 0.15) is 5.82 Å². The summed E-state index contributed by atoms with van der Waals surface area (Å²) in [5, 5.41) is 6.51. The molecule has 2 aromatic rings.